The molecule has 1 N–H and O–H groups in total. The molecule has 2 atom stereocenters. The molecule has 20 heavy (non-hydrogen) atoms. The number of nitrogens with one attached hydrogen (secondary N) is 1. The zero-order valence-corrected chi connectivity index (χ0v) is 13.6. The Morgan fingerprint density at radius 2 is 1.95 bits per heavy atom. The van der Waals surface area contributed by atoms with Gasteiger partial charge in [-0.3, -0.25) is 0 Å². The van der Waals surface area contributed by atoms with Gasteiger partial charge < -0.3 is 0 Å². The predicted octanol–water partition coefficient (Wildman–Crippen LogP) is 3.38. The molecule has 0 bridgehead atoms. The molecule has 0 spiro atoms. The number of alkyl halides is 1. The van der Waals surface area contributed by atoms with Crippen molar-refractivity contribution in [3.8, 4) is 0 Å². The monoisotopic (exact) mass is 315 g/mol. The summed E-state index contributed by atoms with van der Waals surface area (Å²) < 4.78 is 28.0. The number of hydrogen-bond acceptors (Lipinski definition) is 2. The maximum Gasteiger partial charge on any atom is 0.241 e. The van der Waals surface area contributed by atoms with E-state index in [1.54, 1.807) is 6.07 Å². The molecule has 0 aromatic heterocycles. The lowest BCUT2D eigenvalue weighted by molar-refractivity contribution is 0.314. The summed E-state index contributed by atoms with van der Waals surface area (Å²) in [7, 11) is -3.46. The smallest absolute Gasteiger partial charge is 0.208 e. The van der Waals surface area contributed by atoms with E-state index < -0.39 is 10.0 Å². The summed E-state index contributed by atoms with van der Waals surface area (Å²) in [5.41, 5.74) is 1.73. The van der Waals surface area contributed by atoms with Gasteiger partial charge in [0.2, 0.25) is 10.0 Å². The molecule has 1 aliphatic rings. The number of aryl methyl sites for hydroxylation is 2. The fourth-order valence-corrected chi connectivity index (χ4v) is 4.85. The van der Waals surface area contributed by atoms with E-state index in [0.29, 0.717) is 10.8 Å². The summed E-state index contributed by atoms with van der Waals surface area (Å²) in [5, 5.41) is 0. The van der Waals surface area contributed by atoms with Crippen LogP contribution in [-0.4, -0.2) is 20.3 Å². The van der Waals surface area contributed by atoms with Gasteiger partial charge >= 0.3 is 0 Å². The largest absolute Gasteiger partial charge is 0.241 e. The molecule has 1 aromatic rings. The molecule has 1 aliphatic carbocycles. The molecule has 2 rings (SSSR count). The number of hydrogen-bond donors (Lipinski definition) is 1. The van der Waals surface area contributed by atoms with E-state index in [2.05, 4.69) is 4.72 Å². The molecule has 0 aliphatic heterocycles. The second-order valence-corrected chi connectivity index (χ2v) is 7.69. The van der Waals surface area contributed by atoms with Gasteiger partial charge in [-0.1, -0.05) is 25.0 Å². The highest BCUT2D eigenvalue weighted by molar-refractivity contribution is 7.89. The molecule has 0 saturated heterocycles. The number of halogens is 1. The highest BCUT2D eigenvalue weighted by atomic mass is 35.5. The average Bonchev–Trinajstić information content (AvgIpc) is 2.41. The third-order valence-corrected chi connectivity index (χ3v) is 6.08. The molecular formula is C15H22ClNO2S. The van der Waals surface area contributed by atoms with Crippen molar-refractivity contribution in [1.29, 1.82) is 0 Å². The molecular weight excluding hydrogens is 294 g/mol. The van der Waals surface area contributed by atoms with Crippen molar-refractivity contribution >= 4 is 21.6 Å². The van der Waals surface area contributed by atoms with Gasteiger partial charge in [-0.15, -0.1) is 11.6 Å². The van der Waals surface area contributed by atoms with Gasteiger partial charge in [-0.05, 0) is 49.8 Å². The number of sulfonamides is 1. The minimum absolute atomic E-state index is 0.0360. The Kier molecular flexibility index (Phi) is 5.10. The van der Waals surface area contributed by atoms with Gasteiger partial charge in [0.15, 0.2) is 0 Å². The Morgan fingerprint density at radius 3 is 2.65 bits per heavy atom. The van der Waals surface area contributed by atoms with Crippen molar-refractivity contribution < 1.29 is 8.42 Å². The van der Waals surface area contributed by atoms with Crippen molar-refractivity contribution in [3.05, 3.63) is 29.3 Å². The Morgan fingerprint density at radius 1 is 1.25 bits per heavy atom. The van der Waals surface area contributed by atoms with E-state index in [-0.39, 0.29) is 12.0 Å². The SMILES string of the molecule is Cc1ccc(C)c(S(=O)(=O)NC2CCCCC2CCl)c1. The van der Waals surface area contributed by atoms with E-state index in [1.807, 2.05) is 26.0 Å². The Hall–Kier alpha value is -0.580. The van der Waals surface area contributed by atoms with Crippen LogP contribution in [0.5, 0.6) is 0 Å². The molecule has 5 heteroatoms. The van der Waals surface area contributed by atoms with Crippen molar-refractivity contribution in [2.24, 2.45) is 5.92 Å². The van der Waals surface area contributed by atoms with Gasteiger partial charge in [0, 0.05) is 11.9 Å². The standard InChI is InChI=1S/C15H22ClNO2S/c1-11-7-8-12(2)15(9-11)20(18,19)17-14-6-4-3-5-13(14)10-16/h7-9,13-14,17H,3-6,10H2,1-2H3. The lowest BCUT2D eigenvalue weighted by atomic mass is 9.86. The van der Waals surface area contributed by atoms with Crippen LogP contribution in [0.3, 0.4) is 0 Å². The first kappa shape index (κ1) is 15.8. The number of benzene rings is 1. The Bertz CT molecular complexity index is 571. The van der Waals surface area contributed by atoms with Crippen LogP contribution in [0.15, 0.2) is 23.1 Å². The van der Waals surface area contributed by atoms with Crippen LogP contribution in [0.4, 0.5) is 0 Å². The molecule has 112 valence electrons. The van der Waals surface area contributed by atoms with Gasteiger partial charge in [0.25, 0.3) is 0 Å². The molecule has 2 unspecified atom stereocenters. The van der Waals surface area contributed by atoms with Crippen molar-refractivity contribution in [1.82, 2.24) is 4.72 Å². The van der Waals surface area contributed by atoms with Crippen molar-refractivity contribution in [3.63, 3.8) is 0 Å². The Balaban J connectivity index is 2.24. The quantitative estimate of drug-likeness (QED) is 0.866. The van der Waals surface area contributed by atoms with E-state index in [9.17, 15) is 8.42 Å². The summed E-state index contributed by atoms with van der Waals surface area (Å²) in [6.07, 6.45) is 4.08. The topological polar surface area (TPSA) is 46.2 Å². The minimum Gasteiger partial charge on any atom is -0.208 e. The molecule has 0 amide bonds. The Labute approximate surface area is 126 Å². The van der Waals surface area contributed by atoms with Crippen LogP contribution < -0.4 is 4.72 Å². The van der Waals surface area contributed by atoms with Gasteiger partial charge in [0.1, 0.15) is 0 Å². The van der Waals surface area contributed by atoms with E-state index in [0.717, 1.165) is 36.8 Å². The zero-order chi connectivity index (χ0) is 14.8. The second-order valence-electron chi connectivity index (χ2n) is 5.70. The van der Waals surface area contributed by atoms with Crippen LogP contribution >= 0.6 is 11.6 Å². The van der Waals surface area contributed by atoms with Gasteiger partial charge in [-0.2, -0.15) is 0 Å². The summed E-state index contributed by atoms with van der Waals surface area (Å²) in [5.74, 6) is 0.755. The lowest BCUT2D eigenvalue weighted by Crippen LogP contribution is -2.42. The van der Waals surface area contributed by atoms with Gasteiger partial charge in [0.05, 0.1) is 4.90 Å². The molecule has 1 saturated carbocycles. The van der Waals surface area contributed by atoms with Crippen LogP contribution in [0, 0.1) is 19.8 Å². The van der Waals surface area contributed by atoms with Crippen LogP contribution in [-0.2, 0) is 10.0 Å². The molecule has 1 fully saturated rings. The van der Waals surface area contributed by atoms with E-state index in [4.69, 9.17) is 11.6 Å². The fourth-order valence-electron chi connectivity index (χ4n) is 2.81. The van der Waals surface area contributed by atoms with Gasteiger partial charge in [-0.25, -0.2) is 13.1 Å². The first-order valence-corrected chi connectivity index (χ1v) is 9.11. The average molecular weight is 316 g/mol. The molecule has 3 nitrogen and oxygen atoms in total. The normalized spacial score (nSPS) is 23.8. The third-order valence-electron chi connectivity index (χ3n) is 4.05. The van der Waals surface area contributed by atoms with E-state index in [1.165, 1.54) is 0 Å². The fraction of sp³-hybridized carbons (Fsp3) is 0.600. The molecule has 0 heterocycles. The van der Waals surface area contributed by atoms with Crippen molar-refractivity contribution in [2.75, 3.05) is 5.88 Å². The van der Waals surface area contributed by atoms with Crippen LogP contribution in [0.25, 0.3) is 0 Å². The first-order valence-electron chi connectivity index (χ1n) is 7.09. The highest BCUT2D eigenvalue weighted by Gasteiger charge is 2.29. The lowest BCUT2D eigenvalue weighted by Gasteiger charge is -2.30. The summed E-state index contributed by atoms with van der Waals surface area (Å²) >= 11 is 5.97. The summed E-state index contributed by atoms with van der Waals surface area (Å²) in [6, 6.07) is 5.47. The van der Waals surface area contributed by atoms with Crippen LogP contribution in [0.1, 0.15) is 36.8 Å². The maximum atomic E-state index is 12.6. The third kappa shape index (κ3) is 3.54. The first-order chi connectivity index (χ1) is 9.44. The van der Waals surface area contributed by atoms with Crippen LogP contribution in [0.2, 0.25) is 0 Å². The summed E-state index contributed by atoms with van der Waals surface area (Å²) in [4.78, 5) is 0.386. The predicted molar refractivity (Wildman–Crippen MR) is 82.7 cm³/mol. The van der Waals surface area contributed by atoms with E-state index >= 15 is 0 Å². The minimum atomic E-state index is -3.46. The number of rotatable bonds is 4. The maximum absolute atomic E-state index is 12.6. The molecule has 1 aromatic carbocycles. The van der Waals surface area contributed by atoms with Crippen molar-refractivity contribution in [2.45, 2.75) is 50.5 Å². The molecule has 0 radical (unpaired) electrons. The summed E-state index contributed by atoms with van der Waals surface area (Å²) in [6.45, 7) is 3.73. The zero-order valence-electron chi connectivity index (χ0n) is 12.0. The highest BCUT2D eigenvalue weighted by Crippen LogP contribution is 2.27. The second kappa shape index (κ2) is 6.46.